The molecule has 2 aromatic rings. The van der Waals surface area contributed by atoms with Crippen molar-refractivity contribution in [1.82, 2.24) is 0 Å². The molecule has 1 atom stereocenters. The number of benzene rings is 2. The summed E-state index contributed by atoms with van der Waals surface area (Å²) >= 11 is 11.2. The highest BCUT2D eigenvalue weighted by molar-refractivity contribution is 9.11. The minimum Gasteiger partial charge on any atom is -0.324 e. The van der Waals surface area contributed by atoms with Crippen LogP contribution in [0.4, 0.5) is 5.69 Å². The molecule has 2 nitrogen and oxygen atoms in total. The highest BCUT2D eigenvalue weighted by Gasteiger charge is 2.15. The van der Waals surface area contributed by atoms with Crippen LogP contribution in [0.3, 0.4) is 0 Å². The molecule has 0 bridgehead atoms. The van der Waals surface area contributed by atoms with Crippen molar-refractivity contribution in [2.45, 2.75) is 11.7 Å². The predicted octanol–water partition coefficient (Wildman–Crippen LogP) is 4.69. The highest BCUT2D eigenvalue weighted by atomic mass is 79.9. The zero-order valence-electron chi connectivity index (χ0n) is 10.5. The summed E-state index contributed by atoms with van der Waals surface area (Å²) in [5, 5.41) is 2.49. The quantitative estimate of drug-likeness (QED) is 0.698. The maximum Gasteiger partial charge on any atom is 0.237 e. The zero-order valence-corrected chi connectivity index (χ0v) is 14.6. The molecule has 0 spiro atoms. The van der Waals surface area contributed by atoms with Crippen molar-refractivity contribution < 1.29 is 4.79 Å². The summed E-state index contributed by atoms with van der Waals surface area (Å²) in [4.78, 5) is 12.1. The Kier molecular flexibility index (Phi) is 5.69. The first-order valence-electron chi connectivity index (χ1n) is 6.04. The summed E-state index contributed by atoms with van der Waals surface area (Å²) in [6, 6.07) is 15.5. The molecule has 5 heteroatoms. The third-order valence-corrected chi connectivity index (χ3v) is 4.33. The maximum absolute atomic E-state index is 12.1. The number of hydrogen-bond donors (Lipinski definition) is 2. The van der Waals surface area contributed by atoms with E-state index in [1.54, 1.807) is 0 Å². The Morgan fingerprint density at radius 1 is 1.15 bits per heavy atom. The Morgan fingerprint density at radius 3 is 2.50 bits per heavy atom. The van der Waals surface area contributed by atoms with Crippen molar-refractivity contribution in [1.29, 1.82) is 0 Å². The molecule has 1 amide bonds. The lowest BCUT2D eigenvalue weighted by Gasteiger charge is -2.13. The van der Waals surface area contributed by atoms with Crippen LogP contribution in [-0.4, -0.2) is 11.2 Å². The smallest absolute Gasteiger partial charge is 0.237 e. The standard InChI is InChI=1S/C15H13Br2NOS/c16-11-6-7-13(12(17)9-11)18-15(19)14(20)8-10-4-2-1-3-5-10/h1-7,9,14,20H,8H2,(H,18,19). The molecule has 0 aliphatic carbocycles. The molecule has 2 rings (SSSR count). The van der Waals surface area contributed by atoms with E-state index in [9.17, 15) is 4.79 Å². The monoisotopic (exact) mass is 413 g/mol. The van der Waals surface area contributed by atoms with E-state index in [2.05, 4.69) is 49.8 Å². The number of carbonyl (C=O) groups excluding carboxylic acids is 1. The first-order chi connectivity index (χ1) is 9.56. The fraction of sp³-hybridized carbons (Fsp3) is 0.133. The number of anilines is 1. The van der Waals surface area contributed by atoms with Gasteiger partial charge in [0, 0.05) is 8.95 Å². The predicted molar refractivity (Wildman–Crippen MR) is 93.4 cm³/mol. The fourth-order valence-electron chi connectivity index (χ4n) is 1.74. The Morgan fingerprint density at radius 2 is 1.85 bits per heavy atom. The van der Waals surface area contributed by atoms with Crippen LogP contribution in [-0.2, 0) is 11.2 Å². The normalized spacial score (nSPS) is 11.9. The van der Waals surface area contributed by atoms with E-state index in [0.29, 0.717) is 6.42 Å². The molecule has 1 N–H and O–H groups in total. The van der Waals surface area contributed by atoms with Crippen LogP contribution < -0.4 is 5.32 Å². The molecule has 0 saturated heterocycles. The number of nitrogens with one attached hydrogen (secondary N) is 1. The molecule has 0 aliphatic heterocycles. The van der Waals surface area contributed by atoms with Gasteiger partial charge in [-0.2, -0.15) is 12.6 Å². The van der Waals surface area contributed by atoms with E-state index in [4.69, 9.17) is 0 Å². The molecule has 20 heavy (non-hydrogen) atoms. The molecule has 104 valence electrons. The van der Waals surface area contributed by atoms with Gasteiger partial charge < -0.3 is 5.32 Å². The van der Waals surface area contributed by atoms with Gasteiger partial charge >= 0.3 is 0 Å². The second kappa shape index (κ2) is 7.29. The first-order valence-corrected chi connectivity index (χ1v) is 8.14. The molecule has 0 heterocycles. The molecule has 0 fully saturated rings. The minimum absolute atomic E-state index is 0.111. The number of amides is 1. The molecule has 0 radical (unpaired) electrons. The summed E-state index contributed by atoms with van der Waals surface area (Å²) in [7, 11) is 0. The van der Waals surface area contributed by atoms with Gasteiger partial charge in [-0.3, -0.25) is 4.79 Å². The van der Waals surface area contributed by atoms with Gasteiger partial charge in [0.05, 0.1) is 10.9 Å². The molecular weight excluding hydrogens is 402 g/mol. The van der Waals surface area contributed by atoms with Crippen LogP contribution in [0.2, 0.25) is 0 Å². The van der Waals surface area contributed by atoms with E-state index < -0.39 is 0 Å². The zero-order chi connectivity index (χ0) is 14.5. The van der Waals surface area contributed by atoms with Crippen LogP contribution in [0, 0.1) is 0 Å². The average molecular weight is 415 g/mol. The highest BCUT2D eigenvalue weighted by Crippen LogP contribution is 2.26. The van der Waals surface area contributed by atoms with Crippen molar-refractivity contribution in [3.05, 3.63) is 63.0 Å². The largest absolute Gasteiger partial charge is 0.324 e. The number of rotatable bonds is 4. The SMILES string of the molecule is O=C(Nc1ccc(Br)cc1Br)C(S)Cc1ccccc1. The van der Waals surface area contributed by atoms with Crippen molar-refractivity contribution in [3.63, 3.8) is 0 Å². The van der Waals surface area contributed by atoms with E-state index >= 15 is 0 Å². The molecular formula is C15H13Br2NOS. The van der Waals surface area contributed by atoms with Gasteiger partial charge in [0.2, 0.25) is 5.91 Å². The summed E-state index contributed by atoms with van der Waals surface area (Å²) in [6.45, 7) is 0. The van der Waals surface area contributed by atoms with E-state index in [1.807, 2.05) is 48.5 Å². The molecule has 0 aromatic heterocycles. The minimum atomic E-state index is -0.382. The van der Waals surface area contributed by atoms with Crippen LogP contribution >= 0.6 is 44.5 Å². The van der Waals surface area contributed by atoms with Gasteiger partial charge in [-0.1, -0.05) is 46.3 Å². The van der Waals surface area contributed by atoms with Crippen LogP contribution in [0.1, 0.15) is 5.56 Å². The Hall–Kier alpha value is -0.780. The Labute approximate surface area is 140 Å². The van der Waals surface area contributed by atoms with Crippen LogP contribution in [0.15, 0.2) is 57.5 Å². The second-order valence-electron chi connectivity index (χ2n) is 4.32. The summed E-state index contributed by atoms with van der Waals surface area (Å²) < 4.78 is 1.79. The van der Waals surface area contributed by atoms with Crippen molar-refractivity contribution in [2.75, 3.05) is 5.32 Å². The van der Waals surface area contributed by atoms with Crippen LogP contribution in [0.25, 0.3) is 0 Å². The first kappa shape index (κ1) is 15.6. The summed E-state index contributed by atoms with van der Waals surface area (Å²) in [5.74, 6) is -0.111. The Balaban J connectivity index is 2.01. The van der Waals surface area contributed by atoms with E-state index in [-0.39, 0.29) is 11.2 Å². The average Bonchev–Trinajstić information content (AvgIpc) is 2.43. The molecule has 2 aromatic carbocycles. The number of thiol groups is 1. The number of halogens is 2. The maximum atomic E-state index is 12.1. The molecule has 0 aliphatic rings. The van der Waals surface area contributed by atoms with Gasteiger partial charge in [-0.05, 0) is 46.1 Å². The van der Waals surface area contributed by atoms with Gasteiger partial charge in [-0.15, -0.1) is 0 Å². The topological polar surface area (TPSA) is 29.1 Å². The van der Waals surface area contributed by atoms with Crippen molar-refractivity contribution in [3.8, 4) is 0 Å². The summed E-state index contributed by atoms with van der Waals surface area (Å²) in [5.41, 5.74) is 1.84. The van der Waals surface area contributed by atoms with Crippen molar-refractivity contribution >= 4 is 56.1 Å². The second-order valence-corrected chi connectivity index (χ2v) is 6.71. The molecule has 1 unspecified atom stereocenters. The van der Waals surface area contributed by atoms with Gasteiger partial charge in [0.25, 0.3) is 0 Å². The summed E-state index contributed by atoms with van der Waals surface area (Å²) in [6.07, 6.45) is 0.601. The van der Waals surface area contributed by atoms with Crippen molar-refractivity contribution in [2.24, 2.45) is 0 Å². The Bertz CT molecular complexity index is 604. The fourth-order valence-corrected chi connectivity index (χ4v) is 3.16. The van der Waals surface area contributed by atoms with E-state index in [0.717, 1.165) is 20.2 Å². The van der Waals surface area contributed by atoms with Gasteiger partial charge in [-0.25, -0.2) is 0 Å². The number of hydrogen-bond acceptors (Lipinski definition) is 2. The van der Waals surface area contributed by atoms with Gasteiger partial charge in [0.15, 0.2) is 0 Å². The third-order valence-electron chi connectivity index (χ3n) is 2.76. The van der Waals surface area contributed by atoms with Gasteiger partial charge in [0.1, 0.15) is 0 Å². The lowest BCUT2D eigenvalue weighted by atomic mass is 10.1. The number of carbonyl (C=O) groups is 1. The lowest BCUT2D eigenvalue weighted by molar-refractivity contribution is -0.115. The van der Waals surface area contributed by atoms with E-state index in [1.165, 1.54) is 0 Å². The lowest BCUT2D eigenvalue weighted by Crippen LogP contribution is -2.25. The third kappa shape index (κ3) is 4.36. The molecule has 0 saturated carbocycles. The van der Waals surface area contributed by atoms with Crippen LogP contribution in [0.5, 0.6) is 0 Å².